The zero-order valence-electron chi connectivity index (χ0n) is 14.8. The van der Waals surface area contributed by atoms with Gasteiger partial charge in [0.15, 0.2) is 5.69 Å². The van der Waals surface area contributed by atoms with Crippen LogP contribution in [0.25, 0.3) is 10.8 Å². The lowest BCUT2D eigenvalue weighted by molar-refractivity contribution is -0.274. The molecule has 0 bridgehead atoms. The highest BCUT2D eigenvalue weighted by atomic mass is 19.4. The van der Waals surface area contributed by atoms with Gasteiger partial charge >= 0.3 is 6.36 Å². The van der Waals surface area contributed by atoms with E-state index in [1.54, 1.807) is 24.3 Å². The number of aromatic nitrogens is 2. The molecule has 0 radical (unpaired) electrons. The highest BCUT2D eigenvalue weighted by Crippen LogP contribution is 2.24. The van der Waals surface area contributed by atoms with Crippen molar-refractivity contribution in [1.82, 2.24) is 9.78 Å². The molecule has 1 heterocycles. The fourth-order valence-electron chi connectivity index (χ4n) is 2.70. The van der Waals surface area contributed by atoms with Gasteiger partial charge in [-0.25, -0.2) is 4.68 Å². The van der Waals surface area contributed by atoms with E-state index in [2.05, 4.69) is 15.2 Å². The number of ether oxygens (including phenoxy) is 1. The molecule has 1 N–H and O–H groups in total. The van der Waals surface area contributed by atoms with E-state index in [1.807, 2.05) is 6.92 Å². The van der Waals surface area contributed by atoms with E-state index in [0.29, 0.717) is 23.7 Å². The maximum atomic E-state index is 12.7. The second kappa shape index (κ2) is 7.71. The fraction of sp³-hybridized carbons (Fsp3) is 0.211. The monoisotopic (exact) mass is 391 g/mol. The first kappa shape index (κ1) is 19.4. The first-order valence-corrected chi connectivity index (χ1v) is 8.45. The van der Waals surface area contributed by atoms with Crippen molar-refractivity contribution in [3.63, 3.8) is 0 Å². The maximum Gasteiger partial charge on any atom is 0.573 e. The lowest BCUT2D eigenvalue weighted by atomic mass is 10.1. The predicted octanol–water partition coefficient (Wildman–Crippen LogP) is 3.96. The summed E-state index contributed by atoms with van der Waals surface area (Å²) in [6.07, 6.45) is -4.13. The molecule has 0 saturated carbocycles. The van der Waals surface area contributed by atoms with E-state index in [0.717, 1.165) is 12.1 Å². The summed E-state index contributed by atoms with van der Waals surface area (Å²) >= 11 is 0. The van der Waals surface area contributed by atoms with Crippen molar-refractivity contribution in [1.29, 1.82) is 0 Å². The van der Waals surface area contributed by atoms with Gasteiger partial charge in [0.25, 0.3) is 11.5 Å². The molecule has 0 unspecified atom stereocenters. The Hall–Kier alpha value is -3.36. The van der Waals surface area contributed by atoms with Gasteiger partial charge in [0, 0.05) is 17.6 Å². The summed E-state index contributed by atoms with van der Waals surface area (Å²) in [6, 6.07) is 11.4. The molecule has 0 aliphatic carbocycles. The number of rotatable bonds is 5. The Morgan fingerprint density at radius 2 is 1.75 bits per heavy atom. The van der Waals surface area contributed by atoms with Crippen LogP contribution >= 0.6 is 0 Å². The zero-order chi connectivity index (χ0) is 20.3. The van der Waals surface area contributed by atoms with Gasteiger partial charge in [0.2, 0.25) is 0 Å². The predicted molar refractivity (Wildman–Crippen MR) is 97.4 cm³/mol. The van der Waals surface area contributed by atoms with Crippen LogP contribution in [0, 0.1) is 0 Å². The molecule has 3 rings (SSSR count). The van der Waals surface area contributed by atoms with Crippen LogP contribution < -0.4 is 15.6 Å². The number of alkyl halides is 3. The Morgan fingerprint density at radius 1 is 1.11 bits per heavy atom. The number of anilines is 1. The van der Waals surface area contributed by atoms with Gasteiger partial charge in [0.1, 0.15) is 5.75 Å². The Morgan fingerprint density at radius 3 is 2.36 bits per heavy atom. The highest BCUT2D eigenvalue weighted by Gasteiger charge is 2.31. The van der Waals surface area contributed by atoms with Crippen LogP contribution in [0.3, 0.4) is 0 Å². The number of benzene rings is 2. The number of hydrogen-bond acceptors (Lipinski definition) is 4. The summed E-state index contributed by atoms with van der Waals surface area (Å²) in [5, 5.41) is 7.51. The van der Waals surface area contributed by atoms with E-state index in [9.17, 15) is 22.8 Å². The topological polar surface area (TPSA) is 73.2 Å². The van der Waals surface area contributed by atoms with Crippen molar-refractivity contribution in [3.8, 4) is 5.75 Å². The Kier molecular flexibility index (Phi) is 5.34. The molecular weight excluding hydrogens is 375 g/mol. The van der Waals surface area contributed by atoms with Gasteiger partial charge in [-0.1, -0.05) is 25.1 Å². The summed E-state index contributed by atoms with van der Waals surface area (Å²) in [5.74, 6) is -0.976. The van der Waals surface area contributed by atoms with E-state index in [-0.39, 0.29) is 16.9 Å². The molecule has 0 aliphatic rings. The largest absolute Gasteiger partial charge is 0.573 e. The number of amides is 1. The quantitative estimate of drug-likeness (QED) is 0.715. The molecule has 28 heavy (non-hydrogen) atoms. The van der Waals surface area contributed by atoms with Gasteiger partial charge in [-0.15, -0.1) is 13.2 Å². The van der Waals surface area contributed by atoms with E-state index >= 15 is 0 Å². The molecule has 0 spiro atoms. The smallest absolute Gasteiger partial charge is 0.406 e. The van der Waals surface area contributed by atoms with E-state index < -0.39 is 18.0 Å². The number of nitrogens with one attached hydrogen (secondary N) is 1. The summed E-state index contributed by atoms with van der Waals surface area (Å²) < 4.78 is 41.7. The molecule has 0 fully saturated rings. The fourth-order valence-corrected chi connectivity index (χ4v) is 2.70. The van der Waals surface area contributed by atoms with Crippen LogP contribution in [0.15, 0.2) is 53.3 Å². The second-order valence-corrected chi connectivity index (χ2v) is 5.95. The number of hydrogen-bond donors (Lipinski definition) is 1. The lowest BCUT2D eigenvalue weighted by Crippen LogP contribution is -2.27. The lowest BCUT2D eigenvalue weighted by Gasteiger charge is -2.12. The third-order valence-electron chi connectivity index (χ3n) is 3.86. The number of carbonyl (C=O) groups excluding carboxylic acids is 1. The van der Waals surface area contributed by atoms with Gasteiger partial charge in [-0.05, 0) is 36.8 Å². The van der Waals surface area contributed by atoms with Gasteiger partial charge in [-0.3, -0.25) is 9.59 Å². The molecule has 2 aromatic carbocycles. The van der Waals surface area contributed by atoms with Crippen molar-refractivity contribution < 1.29 is 22.7 Å². The molecular formula is C19H16F3N3O3. The number of fused-ring (bicyclic) bond motifs is 1. The Bertz CT molecular complexity index is 1060. The molecule has 0 saturated heterocycles. The minimum atomic E-state index is -4.79. The second-order valence-electron chi connectivity index (χ2n) is 5.95. The van der Waals surface area contributed by atoms with Crippen molar-refractivity contribution in [2.75, 3.05) is 5.32 Å². The number of nitrogens with zero attached hydrogens (tertiary/aromatic N) is 2. The molecule has 0 atom stereocenters. The van der Waals surface area contributed by atoms with E-state index in [1.165, 1.54) is 16.8 Å². The van der Waals surface area contributed by atoms with Crippen LogP contribution in [-0.4, -0.2) is 22.1 Å². The minimum Gasteiger partial charge on any atom is -0.406 e. The summed E-state index contributed by atoms with van der Waals surface area (Å²) in [4.78, 5) is 25.2. The van der Waals surface area contributed by atoms with E-state index in [4.69, 9.17) is 0 Å². The van der Waals surface area contributed by atoms with Crippen LogP contribution in [0.4, 0.5) is 18.9 Å². The average molecular weight is 391 g/mol. The van der Waals surface area contributed by atoms with Crippen LogP contribution in [-0.2, 0) is 6.54 Å². The van der Waals surface area contributed by atoms with Crippen molar-refractivity contribution in [2.45, 2.75) is 26.3 Å². The summed E-state index contributed by atoms with van der Waals surface area (Å²) in [7, 11) is 0. The molecule has 3 aromatic rings. The zero-order valence-corrected chi connectivity index (χ0v) is 14.8. The van der Waals surface area contributed by atoms with Gasteiger partial charge in [0.05, 0.1) is 5.39 Å². The average Bonchev–Trinajstić information content (AvgIpc) is 2.64. The SMILES string of the molecule is CCCn1nc(C(=O)Nc2ccc(OC(F)(F)F)cc2)c2ccccc2c1=O. The van der Waals surface area contributed by atoms with Crippen molar-refractivity contribution in [2.24, 2.45) is 0 Å². The molecule has 146 valence electrons. The van der Waals surface area contributed by atoms with Crippen molar-refractivity contribution in [3.05, 3.63) is 64.6 Å². The summed E-state index contributed by atoms with van der Waals surface area (Å²) in [5.41, 5.74) is 0.0283. The van der Waals surface area contributed by atoms with Gasteiger partial charge < -0.3 is 10.1 Å². The Balaban J connectivity index is 1.91. The number of carbonyl (C=O) groups is 1. The highest BCUT2D eigenvalue weighted by molar-refractivity contribution is 6.11. The third kappa shape index (κ3) is 4.30. The van der Waals surface area contributed by atoms with Crippen molar-refractivity contribution >= 4 is 22.4 Å². The van der Waals surface area contributed by atoms with Crippen LogP contribution in [0.5, 0.6) is 5.75 Å². The minimum absolute atomic E-state index is 0.0549. The third-order valence-corrected chi connectivity index (χ3v) is 3.86. The normalized spacial score (nSPS) is 11.4. The van der Waals surface area contributed by atoms with Crippen LogP contribution in [0.2, 0.25) is 0 Å². The van der Waals surface area contributed by atoms with Gasteiger partial charge in [-0.2, -0.15) is 5.10 Å². The van der Waals surface area contributed by atoms with Crippen LogP contribution in [0.1, 0.15) is 23.8 Å². The first-order chi connectivity index (χ1) is 13.3. The Labute approximate surface area is 157 Å². The molecule has 1 aromatic heterocycles. The number of aryl methyl sites for hydroxylation is 1. The molecule has 6 nitrogen and oxygen atoms in total. The summed E-state index contributed by atoms with van der Waals surface area (Å²) in [6.45, 7) is 2.24. The molecule has 9 heteroatoms. The number of halogens is 3. The first-order valence-electron chi connectivity index (χ1n) is 8.45. The standard InChI is InChI=1S/C19H16F3N3O3/c1-2-11-25-18(27)15-6-4-3-5-14(15)16(24-25)17(26)23-12-7-9-13(10-8-12)28-19(20,21)22/h3-10H,2,11H2,1H3,(H,23,26). The molecule has 1 amide bonds. The maximum absolute atomic E-state index is 12.7. The molecule has 0 aliphatic heterocycles.